The van der Waals surface area contributed by atoms with Crippen molar-refractivity contribution in [3.8, 4) is 11.5 Å². The van der Waals surface area contributed by atoms with Gasteiger partial charge in [0, 0.05) is 16.7 Å². The topological polar surface area (TPSA) is 55.5 Å². The summed E-state index contributed by atoms with van der Waals surface area (Å²) in [6, 6.07) is 3.71. The number of benzene rings is 1. The molecular weight excluding hydrogens is 178 g/mol. The van der Waals surface area contributed by atoms with Crippen LogP contribution in [-0.4, -0.2) is 12.2 Å². The van der Waals surface area contributed by atoms with Gasteiger partial charge in [0.15, 0.2) is 0 Å². The molecule has 3 heteroatoms. The Labute approximate surface area is 83.5 Å². The fraction of sp³-hybridized carbons (Fsp3) is 0.455. The van der Waals surface area contributed by atoms with E-state index in [0.717, 1.165) is 24.0 Å². The minimum Gasteiger partial charge on any atom is -0.507 e. The number of aromatic hydroxyl groups is 1. The van der Waals surface area contributed by atoms with Crippen molar-refractivity contribution in [1.29, 1.82) is 0 Å². The summed E-state index contributed by atoms with van der Waals surface area (Å²) in [5.41, 5.74) is 7.35. The largest absolute Gasteiger partial charge is 0.507 e. The van der Waals surface area contributed by atoms with Crippen molar-refractivity contribution in [3.05, 3.63) is 23.3 Å². The van der Waals surface area contributed by atoms with Crippen molar-refractivity contribution in [2.24, 2.45) is 5.73 Å². The molecule has 0 heterocycles. The first-order valence-corrected chi connectivity index (χ1v) is 4.74. The Kier molecular flexibility index (Phi) is 1.93. The smallest absolute Gasteiger partial charge is 0.127 e. The van der Waals surface area contributed by atoms with E-state index < -0.39 is 0 Å². The molecule has 3 nitrogen and oxygen atoms in total. The summed E-state index contributed by atoms with van der Waals surface area (Å²) in [5, 5.41) is 9.93. The van der Waals surface area contributed by atoms with E-state index in [-0.39, 0.29) is 11.3 Å². The predicted octanol–water partition coefficient (Wildman–Crippen LogP) is 1.66. The highest BCUT2D eigenvalue weighted by Crippen LogP contribution is 2.48. The zero-order valence-corrected chi connectivity index (χ0v) is 8.50. The molecule has 1 aliphatic rings. The number of methoxy groups -OCH3 is 1. The fourth-order valence-electron chi connectivity index (χ4n) is 1.71. The van der Waals surface area contributed by atoms with Crippen molar-refractivity contribution in [2.45, 2.75) is 25.3 Å². The van der Waals surface area contributed by atoms with E-state index in [1.807, 2.05) is 19.1 Å². The molecule has 76 valence electrons. The first-order valence-electron chi connectivity index (χ1n) is 4.74. The SMILES string of the molecule is COc1ccc(C2(N)CC2)c(O)c1C. The summed E-state index contributed by atoms with van der Waals surface area (Å²) in [4.78, 5) is 0. The lowest BCUT2D eigenvalue weighted by Crippen LogP contribution is -2.19. The maximum Gasteiger partial charge on any atom is 0.127 e. The molecule has 0 atom stereocenters. The minimum atomic E-state index is -0.291. The third-order valence-corrected chi connectivity index (χ3v) is 2.93. The van der Waals surface area contributed by atoms with Crippen molar-refractivity contribution in [1.82, 2.24) is 0 Å². The summed E-state index contributed by atoms with van der Waals surface area (Å²) >= 11 is 0. The normalized spacial score (nSPS) is 17.9. The van der Waals surface area contributed by atoms with Gasteiger partial charge in [-0.25, -0.2) is 0 Å². The number of hydrogen-bond donors (Lipinski definition) is 2. The second kappa shape index (κ2) is 2.89. The lowest BCUT2D eigenvalue weighted by molar-refractivity contribution is 0.399. The summed E-state index contributed by atoms with van der Waals surface area (Å²) in [6.07, 6.45) is 1.90. The Balaban J connectivity index is 2.49. The molecule has 0 radical (unpaired) electrons. The van der Waals surface area contributed by atoms with Gasteiger partial charge in [0.25, 0.3) is 0 Å². The van der Waals surface area contributed by atoms with Crippen LogP contribution in [0.3, 0.4) is 0 Å². The highest BCUT2D eigenvalue weighted by Gasteiger charge is 2.42. The number of nitrogens with two attached hydrogens (primary N) is 1. The van der Waals surface area contributed by atoms with Crippen LogP contribution in [0.1, 0.15) is 24.0 Å². The molecule has 0 saturated heterocycles. The van der Waals surface area contributed by atoms with Gasteiger partial charge in [-0.05, 0) is 31.9 Å². The highest BCUT2D eigenvalue weighted by atomic mass is 16.5. The van der Waals surface area contributed by atoms with Crippen LogP contribution in [0.2, 0.25) is 0 Å². The van der Waals surface area contributed by atoms with Gasteiger partial charge in [-0.15, -0.1) is 0 Å². The molecule has 1 fully saturated rings. The van der Waals surface area contributed by atoms with Crippen LogP contribution in [0.15, 0.2) is 12.1 Å². The van der Waals surface area contributed by atoms with Crippen LogP contribution in [0.4, 0.5) is 0 Å². The minimum absolute atomic E-state index is 0.282. The van der Waals surface area contributed by atoms with E-state index in [2.05, 4.69) is 0 Å². The third-order valence-electron chi connectivity index (χ3n) is 2.93. The van der Waals surface area contributed by atoms with Gasteiger partial charge in [-0.3, -0.25) is 0 Å². The van der Waals surface area contributed by atoms with E-state index in [9.17, 15) is 5.11 Å². The Morgan fingerprint density at radius 2 is 2.07 bits per heavy atom. The number of ether oxygens (including phenoxy) is 1. The van der Waals surface area contributed by atoms with Gasteiger partial charge >= 0.3 is 0 Å². The molecule has 1 aromatic carbocycles. The van der Waals surface area contributed by atoms with Crippen molar-refractivity contribution >= 4 is 0 Å². The number of phenolic OH excluding ortho intramolecular Hbond substituents is 1. The molecule has 1 saturated carbocycles. The molecule has 0 aliphatic heterocycles. The molecule has 0 spiro atoms. The van der Waals surface area contributed by atoms with Crippen LogP contribution >= 0.6 is 0 Å². The van der Waals surface area contributed by atoms with E-state index in [1.165, 1.54) is 0 Å². The van der Waals surface area contributed by atoms with Crippen LogP contribution < -0.4 is 10.5 Å². The maximum atomic E-state index is 9.93. The Morgan fingerprint density at radius 1 is 1.43 bits per heavy atom. The van der Waals surface area contributed by atoms with Crippen molar-refractivity contribution < 1.29 is 9.84 Å². The van der Waals surface area contributed by atoms with Gasteiger partial charge in [-0.1, -0.05) is 0 Å². The van der Waals surface area contributed by atoms with Crippen LogP contribution in [0, 0.1) is 6.92 Å². The van der Waals surface area contributed by atoms with Gasteiger partial charge in [0.1, 0.15) is 11.5 Å². The molecule has 0 aromatic heterocycles. The first kappa shape index (κ1) is 9.34. The Hall–Kier alpha value is -1.22. The van der Waals surface area contributed by atoms with Crippen LogP contribution in [0.25, 0.3) is 0 Å². The predicted molar refractivity (Wildman–Crippen MR) is 54.5 cm³/mol. The number of phenols is 1. The summed E-state index contributed by atoms with van der Waals surface area (Å²) < 4.78 is 5.11. The van der Waals surface area contributed by atoms with E-state index >= 15 is 0 Å². The monoisotopic (exact) mass is 193 g/mol. The van der Waals surface area contributed by atoms with Crippen molar-refractivity contribution in [3.63, 3.8) is 0 Å². The second-order valence-electron chi connectivity index (χ2n) is 3.95. The Bertz CT molecular complexity index is 370. The van der Waals surface area contributed by atoms with Gasteiger partial charge in [0.05, 0.1) is 7.11 Å². The highest BCUT2D eigenvalue weighted by molar-refractivity contribution is 5.52. The number of hydrogen-bond acceptors (Lipinski definition) is 3. The Morgan fingerprint density at radius 3 is 2.57 bits per heavy atom. The van der Waals surface area contributed by atoms with Crippen molar-refractivity contribution in [2.75, 3.05) is 7.11 Å². The van der Waals surface area contributed by atoms with Gasteiger partial charge in [-0.2, -0.15) is 0 Å². The summed E-state index contributed by atoms with van der Waals surface area (Å²) in [7, 11) is 1.59. The van der Waals surface area contributed by atoms with E-state index in [1.54, 1.807) is 7.11 Å². The molecule has 1 aromatic rings. The van der Waals surface area contributed by atoms with Crippen LogP contribution in [-0.2, 0) is 5.54 Å². The molecular formula is C11H15NO2. The molecule has 3 N–H and O–H groups in total. The lowest BCUT2D eigenvalue weighted by atomic mass is 10.0. The molecule has 1 aliphatic carbocycles. The first-order chi connectivity index (χ1) is 6.58. The second-order valence-corrected chi connectivity index (χ2v) is 3.95. The zero-order valence-electron chi connectivity index (χ0n) is 8.50. The summed E-state index contributed by atoms with van der Waals surface area (Å²) in [6.45, 7) is 1.84. The molecule has 0 unspecified atom stereocenters. The van der Waals surface area contributed by atoms with Gasteiger partial charge < -0.3 is 15.6 Å². The average molecular weight is 193 g/mol. The average Bonchev–Trinajstić information content (AvgIpc) is 2.89. The van der Waals surface area contributed by atoms with E-state index in [0.29, 0.717) is 5.75 Å². The molecule has 2 rings (SSSR count). The fourth-order valence-corrected chi connectivity index (χ4v) is 1.71. The lowest BCUT2D eigenvalue weighted by Gasteiger charge is -2.15. The molecule has 0 amide bonds. The molecule has 0 bridgehead atoms. The third kappa shape index (κ3) is 1.24. The number of rotatable bonds is 2. The maximum absolute atomic E-state index is 9.93. The summed E-state index contributed by atoms with van der Waals surface area (Å²) in [5.74, 6) is 0.986. The van der Waals surface area contributed by atoms with E-state index in [4.69, 9.17) is 10.5 Å². The zero-order chi connectivity index (χ0) is 10.3. The quantitative estimate of drug-likeness (QED) is 0.751. The molecule has 14 heavy (non-hydrogen) atoms. The van der Waals surface area contributed by atoms with Crippen LogP contribution in [0.5, 0.6) is 11.5 Å². The van der Waals surface area contributed by atoms with Gasteiger partial charge in [0.2, 0.25) is 0 Å². The standard InChI is InChI=1S/C11H15NO2/c1-7-9(14-2)4-3-8(10(7)13)11(12)5-6-11/h3-4,13H,5-6,12H2,1-2H3.